The SMILES string of the molecule is CC(C)c1c(-c2ccc3c(cnn3C)c2)nn2c1O[C@H](C)CC2. The third kappa shape index (κ3) is 2.22. The molecule has 120 valence electrons. The van der Waals surface area contributed by atoms with Crippen molar-refractivity contribution in [3.8, 4) is 17.1 Å². The average molecular weight is 310 g/mol. The first-order valence-corrected chi connectivity index (χ1v) is 8.24. The molecule has 4 rings (SSSR count). The molecule has 2 aromatic heterocycles. The van der Waals surface area contributed by atoms with Crippen LogP contribution in [0.2, 0.25) is 0 Å². The van der Waals surface area contributed by atoms with Gasteiger partial charge in [0.05, 0.1) is 23.5 Å². The standard InChI is InChI=1S/C18H22N4O/c1-11(2)16-17(20-22-8-7-12(3)23-18(16)22)13-5-6-15-14(9-13)10-19-21(15)4/h5-6,9-12H,7-8H2,1-4H3/t12-/m1/s1. The molecule has 0 saturated heterocycles. The van der Waals surface area contributed by atoms with E-state index in [0.717, 1.165) is 41.0 Å². The fraction of sp³-hybridized carbons (Fsp3) is 0.444. The van der Waals surface area contributed by atoms with Crippen LogP contribution in [0.4, 0.5) is 0 Å². The Hall–Kier alpha value is -2.30. The highest BCUT2D eigenvalue weighted by Crippen LogP contribution is 2.39. The summed E-state index contributed by atoms with van der Waals surface area (Å²) in [5.74, 6) is 1.31. The first-order chi connectivity index (χ1) is 11.0. The number of benzene rings is 1. The van der Waals surface area contributed by atoms with E-state index in [1.54, 1.807) is 0 Å². The van der Waals surface area contributed by atoms with E-state index in [0.29, 0.717) is 5.92 Å². The second kappa shape index (κ2) is 5.11. The summed E-state index contributed by atoms with van der Waals surface area (Å²) >= 11 is 0. The normalized spacial score (nSPS) is 17.5. The summed E-state index contributed by atoms with van der Waals surface area (Å²) in [5.41, 5.74) is 4.51. The highest BCUT2D eigenvalue weighted by Gasteiger charge is 2.27. The Morgan fingerprint density at radius 1 is 1.30 bits per heavy atom. The third-order valence-corrected chi connectivity index (χ3v) is 4.60. The molecule has 1 aromatic carbocycles. The quantitative estimate of drug-likeness (QED) is 0.724. The highest BCUT2D eigenvalue weighted by atomic mass is 16.5. The van der Waals surface area contributed by atoms with Gasteiger partial charge in [-0.05, 0) is 25.0 Å². The van der Waals surface area contributed by atoms with Crippen LogP contribution in [0.15, 0.2) is 24.4 Å². The first kappa shape index (κ1) is 14.3. The van der Waals surface area contributed by atoms with Crippen molar-refractivity contribution in [3.05, 3.63) is 30.0 Å². The molecule has 0 aliphatic carbocycles. The number of hydrogen-bond donors (Lipinski definition) is 0. The van der Waals surface area contributed by atoms with E-state index in [-0.39, 0.29) is 6.10 Å². The maximum Gasteiger partial charge on any atom is 0.216 e. The summed E-state index contributed by atoms with van der Waals surface area (Å²) < 4.78 is 10.0. The minimum atomic E-state index is 0.255. The summed E-state index contributed by atoms with van der Waals surface area (Å²) in [6, 6.07) is 6.42. The van der Waals surface area contributed by atoms with Crippen molar-refractivity contribution in [2.75, 3.05) is 0 Å². The van der Waals surface area contributed by atoms with Crippen LogP contribution in [-0.4, -0.2) is 25.7 Å². The average Bonchev–Trinajstić information content (AvgIpc) is 3.07. The van der Waals surface area contributed by atoms with Gasteiger partial charge in [0.25, 0.3) is 0 Å². The maximum atomic E-state index is 6.10. The topological polar surface area (TPSA) is 44.9 Å². The zero-order chi connectivity index (χ0) is 16.1. The number of aromatic nitrogens is 4. The predicted molar refractivity (Wildman–Crippen MR) is 90.7 cm³/mol. The summed E-state index contributed by atoms with van der Waals surface area (Å²) in [5, 5.41) is 10.3. The van der Waals surface area contributed by atoms with Gasteiger partial charge in [-0.25, -0.2) is 4.68 Å². The molecule has 0 bridgehead atoms. The molecule has 1 aliphatic rings. The Morgan fingerprint density at radius 2 is 2.13 bits per heavy atom. The Labute approximate surface area is 135 Å². The molecule has 1 atom stereocenters. The lowest BCUT2D eigenvalue weighted by Crippen LogP contribution is -2.23. The zero-order valence-corrected chi connectivity index (χ0v) is 14.1. The molecule has 3 aromatic rings. The molecule has 0 spiro atoms. The Kier molecular flexibility index (Phi) is 3.18. The smallest absolute Gasteiger partial charge is 0.216 e. The minimum Gasteiger partial charge on any atom is -0.475 e. The van der Waals surface area contributed by atoms with Gasteiger partial charge in [-0.3, -0.25) is 4.68 Å². The Balaban J connectivity index is 1.89. The van der Waals surface area contributed by atoms with Gasteiger partial charge in [0.15, 0.2) is 0 Å². The Bertz CT molecular complexity index is 875. The van der Waals surface area contributed by atoms with Gasteiger partial charge in [0.2, 0.25) is 5.88 Å². The van der Waals surface area contributed by atoms with Gasteiger partial charge < -0.3 is 4.74 Å². The Morgan fingerprint density at radius 3 is 2.91 bits per heavy atom. The van der Waals surface area contributed by atoms with E-state index < -0.39 is 0 Å². The van der Waals surface area contributed by atoms with Crippen LogP contribution in [0.5, 0.6) is 5.88 Å². The summed E-state index contributed by atoms with van der Waals surface area (Å²) in [7, 11) is 1.96. The zero-order valence-electron chi connectivity index (χ0n) is 14.1. The minimum absolute atomic E-state index is 0.255. The van der Waals surface area contributed by atoms with Gasteiger partial charge in [0, 0.05) is 36.5 Å². The van der Waals surface area contributed by atoms with Crippen molar-refractivity contribution in [1.29, 1.82) is 0 Å². The molecule has 0 fully saturated rings. The van der Waals surface area contributed by atoms with E-state index in [2.05, 4.69) is 44.1 Å². The van der Waals surface area contributed by atoms with E-state index >= 15 is 0 Å². The fourth-order valence-corrected chi connectivity index (χ4v) is 3.33. The number of hydrogen-bond acceptors (Lipinski definition) is 3. The fourth-order valence-electron chi connectivity index (χ4n) is 3.33. The predicted octanol–water partition coefficient (Wildman–Crippen LogP) is 3.73. The molecule has 0 radical (unpaired) electrons. The van der Waals surface area contributed by atoms with Crippen molar-refractivity contribution in [1.82, 2.24) is 19.6 Å². The molecule has 1 aliphatic heterocycles. The largest absolute Gasteiger partial charge is 0.475 e. The van der Waals surface area contributed by atoms with Crippen molar-refractivity contribution in [3.63, 3.8) is 0 Å². The van der Waals surface area contributed by atoms with Gasteiger partial charge >= 0.3 is 0 Å². The maximum absolute atomic E-state index is 6.10. The molecule has 23 heavy (non-hydrogen) atoms. The molecule has 5 heteroatoms. The van der Waals surface area contributed by atoms with Gasteiger partial charge in [-0.1, -0.05) is 19.9 Å². The monoisotopic (exact) mass is 310 g/mol. The number of rotatable bonds is 2. The van der Waals surface area contributed by atoms with Crippen LogP contribution in [0.25, 0.3) is 22.2 Å². The van der Waals surface area contributed by atoms with Crippen LogP contribution in [-0.2, 0) is 13.6 Å². The van der Waals surface area contributed by atoms with Crippen LogP contribution in [0, 0.1) is 0 Å². The van der Waals surface area contributed by atoms with E-state index in [1.807, 2.05) is 22.6 Å². The number of nitrogens with zero attached hydrogens (tertiary/aromatic N) is 4. The molecule has 0 N–H and O–H groups in total. The molecule has 0 saturated carbocycles. The van der Waals surface area contributed by atoms with Crippen LogP contribution >= 0.6 is 0 Å². The van der Waals surface area contributed by atoms with Crippen LogP contribution < -0.4 is 4.74 Å². The molecule has 3 heterocycles. The molecule has 5 nitrogen and oxygen atoms in total. The lowest BCUT2D eigenvalue weighted by molar-refractivity contribution is 0.147. The van der Waals surface area contributed by atoms with Crippen molar-refractivity contribution < 1.29 is 4.74 Å². The molecular formula is C18H22N4O. The van der Waals surface area contributed by atoms with Gasteiger partial charge in [-0.2, -0.15) is 10.2 Å². The summed E-state index contributed by atoms with van der Waals surface area (Å²) in [6.45, 7) is 7.45. The number of aryl methyl sites for hydroxylation is 2. The van der Waals surface area contributed by atoms with Crippen LogP contribution in [0.1, 0.15) is 38.7 Å². The van der Waals surface area contributed by atoms with Crippen molar-refractivity contribution in [2.45, 2.75) is 45.8 Å². The molecule has 0 amide bonds. The van der Waals surface area contributed by atoms with Gasteiger partial charge in [-0.15, -0.1) is 0 Å². The lowest BCUT2D eigenvalue weighted by atomic mass is 9.98. The van der Waals surface area contributed by atoms with E-state index in [4.69, 9.17) is 9.84 Å². The third-order valence-electron chi connectivity index (χ3n) is 4.60. The second-order valence-corrected chi connectivity index (χ2v) is 6.70. The van der Waals surface area contributed by atoms with E-state index in [1.165, 1.54) is 5.56 Å². The molecular weight excluding hydrogens is 288 g/mol. The molecule has 0 unspecified atom stereocenters. The first-order valence-electron chi connectivity index (χ1n) is 8.24. The second-order valence-electron chi connectivity index (χ2n) is 6.70. The van der Waals surface area contributed by atoms with Crippen molar-refractivity contribution >= 4 is 10.9 Å². The van der Waals surface area contributed by atoms with Crippen LogP contribution in [0.3, 0.4) is 0 Å². The highest BCUT2D eigenvalue weighted by molar-refractivity contribution is 5.84. The van der Waals surface area contributed by atoms with Crippen molar-refractivity contribution in [2.24, 2.45) is 7.05 Å². The summed E-state index contributed by atoms with van der Waals surface area (Å²) in [4.78, 5) is 0. The van der Waals surface area contributed by atoms with Gasteiger partial charge in [0.1, 0.15) is 0 Å². The van der Waals surface area contributed by atoms with E-state index in [9.17, 15) is 0 Å². The lowest BCUT2D eigenvalue weighted by Gasteiger charge is -2.23. The summed E-state index contributed by atoms with van der Waals surface area (Å²) in [6.07, 6.45) is 3.17. The number of ether oxygens (including phenoxy) is 1. The number of fused-ring (bicyclic) bond motifs is 2.